The fraction of sp³-hybridized carbons (Fsp3) is 0.133. The Hall–Kier alpha value is -2.21. The topological polar surface area (TPSA) is 59.6 Å². The van der Waals surface area contributed by atoms with Crippen LogP contribution in [0.3, 0.4) is 0 Å². The Balaban J connectivity index is 1.58. The predicted octanol–water partition coefficient (Wildman–Crippen LogP) is 3.23. The van der Waals surface area contributed by atoms with Gasteiger partial charge in [0.1, 0.15) is 0 Å². The molecule has 0 radical (unpaired) electrons. The van der Waals surface area contributed by atoms with Crippen molar-refractivity contribution in [3.63, 3.8) is 0 Å². The van der Waals surface area contributed by atoms with E-state index in [1.807, 2.05) is 42.5 Å². The zero-order valence-electron chi connectivity index (χ0n) is 11.1. The minimum atomic E-state index is -0.125. The molecule has 1 aliphatic rings. The van der Waals surface area contributed by atoms with E-state index in [1.54, 1.807) is 0 Å². The number of hydrogen-bond acceptors (Lipinski definition) is 4. The van der Waals surface area contributed by atoms with Crippen LogP contribution in [0.15, 0.2) is 46.9 Å². The normalized spacial score (nSPS) is 12.0. The Morgan fingerprint density at radius 2 is 1.95 bits per heavy atom. The Morgan fingerprint density at radius 3 is 2.81 bits per heavy atom. The second-order valence-corrected chi connectivity index (χ2v) is 5.30. The molecule has 0 saturated heterocycles. The molecule has 2 aromatic carbocycles. The molecule has 1 heterocycles. The van der Waals surface area contributed by atoms with Crippen molar-refractivity contribution in [2.24, 2.45) is 0 Å². The van der Waals surface area contributed by atoms with Gasteiger partial charge in [0.25, 0.3) is 0 Å². The molecule has 1 amide bonds. The molecule has 0 saturated carbocycles. The highest BCUT2D eigenvalue weighted by atomic mass is 79.9. The lowest BCUT2D eigenvalue weighted by Crippen LogP contribution is -2.21. The Kier molecular flexibility index (Phi) is 3.96. The molecule has 2 N–H and O–H groups in total. The van der Waals surface area contributed by atoms with E-state index in [2.05, 4.69) is 26.6 Å². The van der Waals surface area contributed by atoms with Gasteiger partial charge >= 0.3 is 0 Å². The molecule has 21 heavy (non-hydrogen) atoms. The van der Waals surface area contributed by atoms with Gasteiger partial charge in [-0.05, 0) is 40.2 Å². The average Bonchev–Trinajstić information content (AvgIpc) is 2.95. The number of benzene rings is 2. The standard InChI is InChI=1S/C15H13BrN2O3/c16-11-3-1-2-4-12(11)18-15(19)8-17-10-5-6-13-14(7-10)21-9-20-13/h1-7,17H,8-9H2,(H,18,19). The molecule has 3 rings (SSSR count). The maximum absolute atomic E-state index is 11.9. The second kappa shape index (κ2) is 6.05. The van der Waals surface area contributed by atoms with Gasteiger partial charge in [-0.3, -0.25) is 4.79 Å². The first-order chi connectivity index (χ1) is 10.2. The molecule has 0 atom stereocenters. The second-order valence-electron chi connectivity index (χ2n) is 4.45. The van der Waals surface area contributed by atoms with E-state index in [9.17, 15) is 4.79 Å². The number of nitrogens with one attached hydrogen (secondary N) is 2. The maximum Gasteiger partial charge on any atom is 0.243 e. The van der Waals surface area contributed by atoms with E-state index in [0.29, 0.717) is 5.75 Å². The van der Waals surface area contributed by atoms with Crippen LogP contribution in [0.4, 0.5) is 11.4 Å². The Morgan fingerprint density at radius 1 is 1.14 bits per heavy atom. The van der Waals surface area contributed by atoms with Gasteiger partial charge in [-0.2, -0.15) is 0 Å². The van der Waals surface area contributed by atoms with Crippen molar-refractivity contribution in [2.75, 3.05) is 24.0 Å². The van der Waals surface area contributed by atoms with Crippen LogP contribution in [-0.4, -0.2) is 19.2 Å². The average molecular weight is 349 g/mol. The van der Waals surface area contributed by atoms with Crippen LogP contribution in [0.1, 0.15) is 0 Å². The summed E-state index contributed by atoms with van der Waals surface area (Å²) in [6, 6.07) is 12.9. The Bertz CT molecular complexity index is 676. The number of rotatable bonds is 4. The molecule has 1 aliphatic heterocycles. The quantitative estimate of drug-likeness (QED) is 0.890. The summed E-state index contributed by atoms with van der Waals surface area (Å²) in [6.07, 6.45) is 0. The fourth-order valence-electron chi connectivity index (χ4n) is 1.95. The maximum atomic E-state index is 11.9. The highest BCUT2D eigenvalue weighted by Gasteiger charge is 2.13. The number of carbonyl (C=O) groups excluding carboxylic acids is 1. The molecule has 5 nitrogen and oxygen atoms in total. The highest BCUT2D eigenvalue weighted by Crippen LogP contribution is 2.34. The summed E-state index contributed by atoms with van der Waals surface area (Å²) in [7, 11) is 0. The molecule has 6 heteroatoms. The summed E-state index contributed by atoms with van der Waals surface area (Å²) in [6.45, 7) is 0.405. The predicted molar refractivity (Wildman–Crippen MR) is 83.8 cm³/mol. The molecule has 0 unspecified atom stereocenters. The fourth-order valence-corrected chi connectivity index (χ4v) is 2.33. The third-order valence-corrected chi connectivity index (χ3v) is 3.67. The first-order valence-electron chi connectivity index (χ1n) is 6.40. The van der Waals surface area contributed by atoms with Crippen molar-refractivity contribution in [1.29, 1.82) is 0 Å². The van der Waals surface area contributed by atoms with Crippen molar-refractivity contribution in [3.8, 4) is 11.5 Å². The van der Waals surface area contributed by atoms with E-state index in [0.717, 1.165) is 21.6 Å². The number of hydrogen-bond donors (Lipinski definition) is 2. The van der Waals surface area contributed by atoms with Gasteiger partial charge in [0.05, 0.1) is 12.2 Å². The summed E-state index contributed by atoms with van der Waals surface area (Å²) in [5.74, 6) is 1.28. The van der Waals surface area contributed by atoms with Crippen molar-refractivity contribution >= 4 is 33.2 Å². The van der Waals surface area contributed by atoms with Crippen LogP contribution in [0, 0.1) is 0 Å². The largest absolute Gasteiger partial charge is 0.454 e. The summed E-state index contributed by atoms with van der Waals surface area (Å²) in [5.41, 5.74) is 1.55. The van der Waals surface area contributed by atoms with Crippen LogP contribution in [0.25, 0.3) is 0 Å². The lowest BCUT2D eigenvalue weighted by Gasteiger charge is -2.09. The van der Waals surface area contributed by atoms with Gasteiger partial charge in [-0.15, -0.1) is 0 Å². The summed E-state index contributed by atoms with van der Waals surface area (Å²) in [5, 5.41) is 5.88. The molecule has 0 aromatic heterocycles. The van der Waals surface area contributed by atoms with Crippen LogP contribution >= 0.6 is 15.9 Å². The molecule has 0 aliphatic carbocycles. The minimum absolute atomic E-state index is 0.125. The van der Waals surface area contributed by atoms with Crippen LogP contribution in [0.5, 0.6) is 11.5 Å². The third-order valence-electron chi connectivity index (χ3n) is 2.97. The van der Waals surface area contributed by atoms with E-state index in [1.165, 1.54) is 0 Å². The minimum Gasteiger partial charge on any atom is -0.454 e. The first kappa shape index (κ1) is 13.8. The SMILES string of the molecule is O=C(CNc1ccc2c(c1)OCO2)Nc1ccccc1Br. The van der Waals surface area contributed by atoms with Crippen LogP contribution in [-0.2, 0) is 4.79 Å². The van der Waals surface area contributed by atoms with Gasteiger partial charge in [0.15, 0.2) is 11.5 Å². The van der Waals surface area contributed by atoms with Crippen molar-refractivity contribution < 1.29 is 14.3 Å². The number of ether oxygens (including phenoxy) is 2. The molecule has 108 valence electrons. The molecule has 0 bridgehead atoms. The van der Waals surface area contributed by atoms with E-state index in [4.69, 9.17) is 9.47 Å². The lowest BCUT2D eigenvalue weighted by molar-refractivity contribution is -0.114. The number of fused-ring (bicyclic) bond motifs is 1. The van der Waals surface area contributed by atoms with Crippen molar-refractivity contribution in [3.05, 3.63) is 46.9 Å². The molecular weight excluding hydrogens is 336 g/mol. The van der Waals surface area contributed by atoms with Crippen molar-refractivity contribution in [1.82, 2.24) is 0 Å². The number of anilines is 2. The van der Waals surface area contributed by atoms with Gasteiger partial charge in [-0.1, -0.05) is 12.1 Å². The van der Waals surface area contributed by atoms with Gasteiger partial charge in [-0.25, -0.2) is 0 Å². The van der Waals surface area contributed by atoms with Gasteiger partial charge in [0, 0.05) is 16.2 Å². The van der Waals surface area contributed by atoms with Crippen LogP contribution in [0.2, 0.25) is 0 Å². The van der Waals surface area contributed by atoms with Crippen molar-refractivity contribution in [2.45, 2.75) is 0 Å². The van der Waals surface area contributed by atoms with Crippen LogP contribution < -0.4 is 20.1 Å². The first-order valence-corrected chi connectivity index (χ1v) is 7.19. The zero-order valence-corrected chi connectivity index (χ0v) is 12.6. The number of halogens is 1. The summed E-state index contributed by atoms with van der Waals surface area (Å²) in [4.78, 5) is 11.9. The summed E-state index contributed by atoms with van der Waals surface area (Å²) < 4.78 is 11.4. The summed E-state index contributed by atoms with van der Waals surface area (Å²) >= 11 is 3.39. The number of carbonyl (C=O) groups is 1. The highest BCUT2D eigenvalue weighted by molar-refractivity contribution is 9.10. The smallest absolute Gasteiger partial charge is 0.243 e. The lowest BCUT2D eigenvalue weighted by atomic mass is 10.2. The van der Waals surface area contributed by atoms with Gasteiger partial charge < -0.3 is 20.1 Å². The molecule has 0 fully saturated rings. The van der Waals surface area contributed by atoms with Gasteiger partial charge in [0.2, 0.25) is 12.7 Å². The molecule has 0 spiro atoms. The van der Waals surface area contributed by atoms with E-state index < -0.39 is 0 Å². The number of para-hydroxylation sites is 1. The van der Waals surface area contributed by atoms with E-state index >= 15 is 0 Å². The zero-order chi connectivity index (χ0) is 14.7. The number of amides is 1. The molecular formula is C15H13BrN2O3. The molecule has 2 aromatic rings. The Labute approximate surface area is 130 Å². The third kappa shape index (κ3) is 3.28. The van der Waals surface area contributed by atoms with E-state index in [-0.39, 0.29) is 19.2 Å². The monoisotopic (exact) mass is 348 g/mol.